The largest absolute Gasteiger partial charge is 0.496 e. The fourth-order valence-electron chi connectivity index (χ4n) is 1.99. The highest BCUT2D eigenvalue weighted by atomic mass is 79.9. The van der Waals surface area contributed by atoms with Gasteiger partial charge in [-0.05, 0) is 18.6 Å². The predicted molar refractivity (Wildman–Crippen MR) is 77.0 cm³/mol. The summed E-state index contributed by atoms with van der Waals surface area (Å²) in [4.78, 5) is 0. The van der Waals surface area contributed by atoms with Crippen LogP contribution in [-0.4, -0.2) is 22.1 Å². The molecular weight excluding hydrogens is 308 g/mol. The highest BCUT2D eigenvalue weighted by molar-refractivity contribution is 9.10. The lowest BCUT2D eigenvalue weighted by Gasteiger charge is -2.16. The lowest BCUT2D eigenvalue weighted by molar-refractivity contribution is 0.406. The second kappa shape index (κ2) is 6.16. The normalized spacial score (nSPS) is 12.4. The molecule has 0 aliphatic carbocycles. The van der Waals surface area contributed by atoms with Gasteiger partial charge in [-0.15, -0.1) is 5.10 Å². The van der Waals surface area contributed by atoms with Gasteiger partial charge in [0, 0.05) is 16.6 Å². The summed E-state index contributed by atoms with van der Waals surface area (Å²) < 4.78 is 8.18. The number of benzene rings is 1. The van der Waals surface area contributed by atoms with Crippen LogP contribution in [0.2, 0.25) is 0 Å². The van der Waals surface area contributed by atoms with Crippen molar-refractivity contribution in [2.75, 3.05) is 7.11 Å². The maximum Gasteiger partial charge on any atom is 0.125 e. The van der Waals surface area contributed by atoms with Crippen LogP contribution >= 0.6 is 15.9 Å². The van der Waals surface area contributed by atoms with Crippen LogP contribution in [0.3, 0.4) is 0 Å². The van der Waals surface area contributed by atoms with E-state index in [4.69, 9.17) is 10.5 Å². The molecule has 0 aliphatic heterocycles. The Kier molecular flexibility index (Phi) is 4.55. The van der Waals surface area contributed by atoms with Crippen molar-refractivity contribution in [3.8, 4) is 5.75 Å². The standard InChI is InChI=1S/C13H17BrN4O/c1-3-6-18-11(8-16-17-18)13(15)10-5-4-9(14)7-12(10)19-2/h4-5,7-8,13H,3,6,15H2,1-2H3. The van der Waals surface area contributed by atoms with Crippen molar-refractivity contribution in [3.63, 3.8) is 0 Å². The highest BCUT2D eigenvalue weighted by Crippen LogP contribution is 2.30. The van der Waals surface area contributed by atoms with E-state index in [-0.39, 0.29) is 6.04 Å². The lowest BCUT2D eigenvalue weighted by atomic mass is 10.0. The van der Waals surface area contributed by atoms with Crippen molar-refractivity contribution in [2.24, 2.45) is 5.73 Å². The third-order valence-corrected chi connectivity index (χ3v) is 3.43. The maximum atomic E-state index is 6.32. The smallest absolute Gasteiger partial charge is 0.125 e. The van der Waals surface area contributed by atoms with E-state index < -0.39 is 0 Å². The Morgan fingerprint density at radius 1 is 1.47 bits per heavy atom. The van der Waals surface area contributed by atoms with E-state index in [1.807, 2.05) is 22.9 Å². The van der Waals surface area contributed by atoms with E-state index in [0.717, 1.165) is 34.4 Å². The molecule has 1 aromatic heterocycles. The second-order valence-electron chi connectivity index (χ2n) is 4.25. The summed E-state index contributed by atoms with van der Waals surface area (Å²) in [6.45, 7) is 2.90. The zero-order valence-electron chi connectivity index (χ0n) is 11.0. The topological polar surface area (TPSA) is 66.0 Å². The summed E-state index contributed by atoms with van der Waals surface area (Å²) in [5, 5.41) is 8.01. The van der Waals surface area contributed by atoms with Crippen LogP contribution in [0.15, 0.2) is 28.9 Å². The molecule has 1 aromatic carbocycles. The number of hydrogen-bond acceptors (Lipinski definition) is 4. The minimum atomic E-state index is -0.301. The monoisotopic (exact) mass is 324 g/mol. The summed E-state index contributed by atoms with van der Waals surface area (Å²) >= 11 is 3.42. The number of rotatable bonds is 5. The molecule has 1 heterocycles. The van der Waals surface area contributed by atoms with Gasteiger partial charge in [-0.3, -0.25) is 0 Å². The van der Waals surface area contributed by atoms with E-state index in [1.165, 1.54) is 0 Å². The van der Waals surface area contributed by atoms with Gasteiger partial charge >= 0.3 is 0 Å². The Labute approximate surface area is 120 Å². The summed E-state index contributed by atoms with van der Waals surface area (Å²) in [5.41, 5.74) is 8.13. The number of aryl methyl sites for hydroxylation is 1. The summed E-state index contributed by atoms with van der Waals surface area (Å²) in [7, 11) is 1.64. The molecule has 0 amide bonds. The summed E-state index contributed by atoms with van der Waals surface area (Å²) in [6.07, 6.45) is 2.70. The number of ether oxygens (including phenoxy) is 1. The Bertz CT molecular complexity index is 555. The van der Waals surface area contributed by atoms with Crippen LogP contribution in [0.25, 0.3) is 0 Å². The van der Waals surface area contributed by atoms with Crippen molar-refractivity contribution in [1.82, 2.24) is 15.0 Å². The molecule has 0 bridgehead atoms. The van der Waals surface area contributed by atoms with E-state index in [0.29, 0.717) is 0 Å². The van der Waals surface area contributed by atoms with Gasteiger partial charge in [0.2, 0.25) is 0 Å². The molecule has 6 heteroatoms. The van der Waals surface area contributed by atoms with Gasteiger partial charge in [-0.2, -0.15) is 0 Å². The number of halogens is 1. The highest BCUT2D eigenvalue weighted by Gasteiger charge is 2.18. The SMILES string of the molecule is CCCn1nncc1C(N)c1ccc(Br)cc1OC. The van der Waals surface area contributed by atoms with Crippen LogP contribution in [0.5, 0.6) is 5.75 Å². The molecule has 19 heavy (non-hydrogen) atoms. The van der Waals surface area contributed by atoms with Crippen molar-refractivity contribution in [1.29, 1.82) is 0 Å². The van der Waals surface area contributed by atoms with E-state index >= 15 is 0 Å². The molecule has 0 fully saturated rings. The van der Waals surface area contributed by atoms with Crippen LogP contribution in [0.1, 0.15) is 30.6 Å². The first-order valence-corrected chi connectivity index (χ1v) is 6.94. The first kappa shape index (κ1) is 14.0. The van der Waals surface area contributed by atoms with Gasteiger partial charge in [-0.25, -0.2) is 4.68 Å². The van der Waals surface area contributed by atoms with Crippen LogP contribution in [0, 0.1) is 0 Å². The van der Waals surface area contributed by atoms with E-state index in [1.54, 1.807) is 13.3 Å². The molecule has 0 saturated carbocycles. The zero-order valence-corrected chi connectivity index (χ0v) is 12.6. The number of nitrogens with zero attached hydrogens (tertiary/aromatic N) is 3. The molecule has 0 spiro atoms. The lowest BCUT2D eigenvalue weighted by Crippen LogP contribution is -2.18. The molecule has 5 nitrogen and oxygen atoms in total. The van der Waals surface area contributed by atoms with E-state index in [2.05, 4.69) is 33.2 Å². The first-order valence-electron chi connectivity index (χ1n) is 6.14. The van der Waals surface area contributed by atoms with Crippen molar-refractivity contribution < 1.29 is 4.74 Å². The third-order valence-electron chi connectivity index (χ3n) is 2.93. The van der Waals surface area contributed by atoms with Gasteiger partial charge in [0.05, 0.1) is 25.0 Å². The molecule has 1 atom stereocenters. The van der Waals surface area contributed by atoms with Gasteiger partial charge in [0.15, 0.2) is 0 Å². The Morgan fingerprint density at radius 2 is 2.26 bits per heavy atom. The third kappa shape index (κ3) is 2.96. The molecule has 102 valence electrons. The molecular formula is C13H17BrN4O. The molecule has 2 rings (SSSR count). The summed E-state index contributed by atoms with van der Waals surface area (Å²) in [6, 6.07) is 5.51. The van der Waals surface area contributed by atoms with Crippen LogP contribution < -0.4 is 10.5 Å². The average molecular weight is 325 g/mol. The molecule has 0 radical (unpaired) electrons. The maximum absolute atomic E-state index is 6.32. The fraction of sp³-hybridized carbons (Fsp3) is 0.385. The molecule has 0 saturated heterocycles. The van der Waals surface area contributed by atoms with Gasteiger partial charge in [0.25, 0.3) is 0 Å². The Morgan fingerprint density at radius 3 is 2.95 bits per heavy atom. The molecule has 2 N–H and O–H groups in total. The summed E-state index contributed by atoms with van der Waals surface area (Å²) in [5.74, 6) is 0.756. The van der Waals surface area contributed by atoms with Crippen molar-refractivity contribution in [3.05, 3.63) is 40.1 Å². The average Bonchev–Trinajstić information content (AvgIpc) is 2.86. The van der Waals surface area contributed by atoms with Crippen molar-refractivity contribution in [2.45, 2.75) is 25.9 Å². The zero-order chi connectivity index (χ0) is 13.8. The van der Waals surface area contributed by atoms with Crippen molar-refractivity contribution >= 4 is 15.9 Å². The minimum absolute atomic E-state index is 0.301. The Hall–Kier alpha value is -1.40. The molecule has 1 unspecified atom stereocenters. The quantitative estimate of drug-likeness (QED) is 0.917. The van der Waals surface area contributed by atoms with E-state index in [9.17, 15) is 0 Å². The van der Waals surface area contributed by atoms with Gasteiger partial charge < -0.3 is 10.5 Å². The van der Waals surface area contributed by atoms with Crippen LogP contribution in [0.4, 0.5) is 0 Å². The van der Waals surface area contributed by atoms with Gasteiger partial charge in [-0.1, -0.05) is 34.1 Å². The number of aromatic nitrogens is 3. The number of nitrogens with two attached hydrogens (primary N) is 1. The fourth-order valence-corrected chi connectivity index (χ4v) is 2.33. The number of hydrogen-bond donors (Lipinski definition) is 1. The second-order valence-corrected chi connectivity index (χ2v) is 5.16. The molecule has 2 aromatic rings. The first-order chi connectivity index (χ1) is 9.17. The predicted octanol–water partition coefficient (Wildman–Crippen LogP) is 2.51. The minimum Gasteiger partial charge on any atom is -0.496 e. The molecule has 0 aliphatic rings. The van der Waals surface area contributed by atoms with Crippen LogP contribution in [-0.2, 0) is 6.54 Å². The Balaban J connectivity index is 2.38. The number of methoxy groups -OCH3 is 1. The van der Waals surface area contributed by atoms with Gasteiger partial charge in [0.1, 0.15) is 5.75 Å².